The van der Waals surface area contributed by atoms with Gasteiger partial charge < -0.3 is 28.8 Å². The van der Waals surface area contributed by atoms with Crippen molar-refractivity contribution in [3.8, 4) is 44.9 Å². The highest BCUT2D eigenvalue weighted by Gasteiger charge is 2.32. The number of hydrogen-bond acceptors (Lipinski definition) is 9. The highest BCUT2D eigenvalue weighted by molar-refractivity contribution is 5.81. The van der Waals surface area contributed by atoms with E-state index in [0.717, 1.165) is 66.8 Å². The molecule has 312 valence electrons. The second-order valence-electron chi connectivity index (χ2n) is 16.0. The fraction of sp³-hybridized carbons (Fsp3) is 0.167. The molecule has 0 aromatic heterocycles. The lowest BCUT2D eigenvalue weighted by molar-refractivity contribution is -0.144. The molecule has 0 amide bonds. The highest BCUT2D eigenvalue weighted by atomic mass is 16.7. The summed E-state index contributed by atoms with van der Waals surface area (Å²) >= 11 is 0. The third-order valence-corrected chi connectivity index (χ3v) is 12.4. The molecule has 3 aliphatic rings. The number of benzene rings is 7. The van der Waals surface area contributed by atoms with Gasteiger partial charge in [0.15, 0.2) is 11.5 Å². The van der Waals surface area contributed by atoms with E-state index in [9.17, 15) is 19.5 Å². The van der Waals surface area contributed by atoms with E-state index in [0.29, 0.717) is 5.56 Å². The van der Waals surface area contributed by atoms with Gasteiger partial charge in [0.2, 0.25) is 0 Å². The molecule has 7 aromatic rings. The summed E-state index contributed by atoms with van der Waals surface area (Å²) in [5.74, 6) is -1.25. The highest BCUT2D eigenvalue weighted by Crippen LogP contribution is 2.47. The Morgan fingerprint density at radius 2 is 0.762 bits per heavy atom. The third-order valence-electron chi connectivity index (χ3n) is 12.4. The fourth-order valence-electron chi connectivity index (χ4n) is 9.43. The number of rotatable bonds is 12. The van der Waals surface area contributed by atoms with Crippen LogP contribution in [0, 0.1) is 0 Å². The lowest BCUT2D eigenvalue weighted by Gasteiger charge is -2.18. The van der Waals surface area contributed by atoms with Crippen LogP contribution in [-0.2, 0) is 19.0 Å². The topological polar surface area (TPSA) is 118 Å². The van der Waals surface area contributed by atoms with Gasteiger partial charge in [-0.2, -0.15) is 0 Å². The number of carbonyl (C=O) groups is 3. The van der Waals surface area contributed by atoms with Crippen LogP contribution < -0.4 is 9.47 Å². The lowest BCUT2D eigenvalue weighted by atomic mass is 9.98. The molecule has 1 N–H and O–H groups in total. The first kappa shape index (κ1) is 39.6. The zero-order valence-corrected chi connectivity index (χ0v) is 34.1. The van der Waals surface area contributed by atoms with Gasteiger partial charge in [-0.25, -0.2) is 9.59 Å². The van der Waals surface area contributed by atoms with E-state index < -0.39 is 24.4 Å². The standard InChI is InChI=1S/C54H42O9/c55-49(26-28-52(56)59-30-46-40-19-7-1-13-34(40)35-14-2-8-20-41(35)46)33-25-27-50(62-53(57)60-31-47-42-21-9-3-15-36(42)37-16-4-10-22-43(37)47)51(29-33)63-54(58)61-32-48-44-23-11-5-17-38(44)39-18-6-12-24-45(39)48/h1-25,27,29,46-49,55H,26,28,30-32H2. The first-order valence-corrected chi connectivity index (χ1v) is 21.1. The van der Waals surface area contributed by atoms with Crippen LogP contribution in [0.15, 0.2) is 164 Å². The van der Waals surface area contributed by atoms with Crippen LogP contribution in [0.4, 0.5) is 9.59 Å². The molecule has 10 rings (SSSR count). The second kappa shape index (κ2) is 17.1. The Balaban J connectivity index is 0.825. The van der Waals surface area contributed by atoms with Gasteiger partial charge in [0.25, 0.3) is 0 Å². The average Bonchev–Trinajstić information content (AvgIpc) is 3.94. The molecule has 0 saturated heterocycles. The number of hydrogen-bond donors (Lipinski definition) is 1. The smallest absolute Gasteiger partial charge is 0.465 e. The van der Waals surface area contributed by atoms with Crippen LogP contribution in [-0.4, -0.2) is 43.2 Å². The molecule has 0 saturated carbocycles. The average molecular weight is 835 g/mol. The van der Waals surface area contributed by atoms with Gasteiger partial charge >= 0.3 is 18.3 Å². The van der Waals surface area contributed by atoms with E-state index in [4.69, 9.17) is 23.7 Å². The van der Waals surface area contributed by atoms with Crippen molar-refractivity contribution >= 4 is 18.3 Å². The van der Waals surface area contributed by atoms with Crippen molar-refractivity contribution in [3.63, 3.8) is 0 Å². The molecular weight excluding hydrogens is 793 g/mol. The summed E-state index contributed by atoms with van der Waals surface area (Å²) < 4.78 is 28.6. The Kier molecular flexibility index (Phi) is 10.8. The number of aliphatic hydroxyl groups is 1. The van der Waals surface area contributed by atoms with Crippen LogP contribution >= 0.6 is 0 Å². The molecule has 0 fully saturated rings. The van der Waals surface area contributed by atoms with E-state index in [1.165, 1.54) is 12.1 Å². The maximum absolute atomic E-state index is 13.5. The Hall–Kier alpha value is -7.49. The van der Waals surface area contributed by atoms with Gasteiger partial charge in [-0.15, -0.1) is 0 Å². The maximum Gasteiger partial charge on any atom is 0.514 e. The van der Waals surface area contributed by atoms with Crippen LogP contribution in [0.25, 0.3) is 33.4 Å². The summed E-state index contributed by atoms with van der Waals surface area (Å²) in [4.78, 5) is 39.9. The van der Waals surface area contributed by atoms with E-state index in [2.05, 4.69) is 24.3 Å². The minimum absolute atomic E-state index is 0.00210. The Morgan fingerprint density at radius 1 is 0.429 bits per heavy atom. The van der Waals surface area contributed by atoms with E-state index in [1.807, 2.05) is 121 Å². The predicted molar refractivity (Wildman–Crippen MR) is 237 cm³/mol. The largest absolute Gasteiger partial charge is 0.514 e. The molecule has 0 aliphatic heterocycles. The maximum atomic E-state index is 13.5. The first-order chi connectivity index (χ1) is 30.9. The number of carbonyl (C=O) groups excluding carboxylic acids is 3. The molecule has 9 heteroatoms. The van der Waals surface area contributed by atoms with Crippen molar-refractivity contribution in [1.82, 2.24) is 0 Å². The molecule has 0 heterocycles. The first-order valence-electron chi connectivity index (χ1n) is 21.1. The summed E-state index contributed by atoms with van der Waals surface area (Å²) in [6.07, 6.45) is -3.23. The molecule has 1 unspecified atom stereocenters. The number of aliphatic hydroxyl groups excluding tert-OH is 1. The zero-order chi connectivity index (χ0) is 42.9. The van der Waals surface area contributed by atoms with Crippen molar-refractivity contribution < 1.29 is 43.2 Å². The number of ether oxygens (including phenoxy) is 5. The molecule has 1 atom stereocenters. The SMILES string of the molecule is O=C(CCC(O)c1ccc(OC(=O)OCC2c3ccccc3-c3ccccc32)c(OC(=O)OCC2c3ccccc3-c3ccccc32)c1)OCC1c2ccccc2-c2ccccc21. The molecule has 0 bridgehead atoms. The van der Waals surface area contributed by atoms with Crippen molar-refractivity contribution in [2.75, 3.05) is 19.8 Å². The van der Waals surface area contributed by atoms with Gasteiger partial charge in [-0.3, -0.25) is 4.79 Å². The molecule has 0 radical (unpaired) electrons. The summed E-state index contributed by atoms with van der Waals surface area (Å²) in [6, 6.07) is 52.6. The van der Waals surface area contributed by atoms with Crippen molar-refractivity contribution in [2.24, 2.45) is 0 Å². The van der Waals surface area contributed by atoms with E-state index >= 15 is 0 Å². The van der Waals surface area contributed by atoms with Gasteiger partial charge in [-0.1, -0.05) is 152 Å². The van der Waals surface area contributed by atoms with Gasteiger partial charge in [-0.05, 0) is 90.9 Å². The molecule has 9 nitrogen and oxygen atoms in total. The minimum atomic E-state index is -1.15. The van der Waals surface area contributed by atoms with Gasteiger partial charge in [0.05, 0.1) is 6.10 Å². The molecule has 7 aromatic carbocycles. The van der Waals surface area contributed by atoms with Crippen LogP contribution in [0.2, 0.25) is 0 Å². The normalized spacial score (nSPS) is 13.7. The number of fused-ring (bicyclic) bond motifs is 9. The monoisotopic (exact) mass is 834 g/mol. The third kappa shape index (κ3) is 7.72. The summed E-state index contributed by atoms with van der Waals surface area (Å²) in [5, 5.41) is 11.3. The predicted octanol–water partition coefficient (Wildman–Crippen LogP) is 11.5. The van der Waals surface area contributed by atoms with Crippen LogP contribution in [0.5, 0.6) is 11.5 Å². The Morgan fingerprint density at radius 3 is 1.14 bits per heavy atom. The van der Waals surface area contributed by atoms with Crippen molar-refractivity contribution in [3.05, 3.63) is 203 Å². The minimum Gasteiger partial charge on any atom is -0.465 e. The molecule has 63 heavy (non-hydrogen) atoms. The van der Waals surface area contributed by atoms with Crippen molar-refractivity contribution in [1.29, 1.82) is 0 Å². The lowest BCUT2D eigenvalue weighted by Crippen LogP contribution is -2.18. The number of esters is 1. The molecule has 3 aliphatic carbocycles. The Labute approximate surface area is 364 Å². The Bertz CT molecular complexity index is 2750. The molecule has 0 spiro atoms. The molecular formula is C54H42O9. The summed E-state index contributed by atoms with van der Waals surface area (Å²) in [5.41, 5.74) is 13.3. The summed E-state index contributed by atoms with van der Waals surface area (Å²) in [6.45, 7) is 0.183. The summed E-state index contributed by atoms with van der Waals surface area (Å²) in [7, 11) is 0. The van der Waals surface area contributed by atoms with Crippen LogP contribution in [0.1, 0.15) is 75.6 Å². The quantitative estimate of drug-likeness (QED) is 0.0729. The van der Waals surface area contributed by atoms with E-state index in [1.54, 1.807) is 6.07 Å². The van der Waals surface area contributed by atoms with Gasteiger partial charge in [0, 0.05) is 24.2 Å². The van der Waals surface area contributed by atoms with Crippen molar-refractivity contribution in [2.45, 2.75) is 36.7 Å². The van der Waals surface area contributed by atoms with Crippen LogP contribution in [0.3, 0.4) is 0 Å². The zero-order valence-electron chi connectivity index (χ0n) is 34.1. The fourth-order valence-corrected chi connectivity index (χ4v) is 9.43. The second-order valence-corrected chi connectivity index (χ2v) is 16.0. The van der Waals surface area contributed by atoms with E-state index in [-0.39, 0.29) is 61.9 Å². The van der Waals surface area contributed by atoms with Gasteiger partial charge in [0.1, 0.15) is 19.8 Å².